The lowest BCUT2D eigenvalue weighted by atomic mass is 9.97. The number of aromatic amines is 1. The zero-order valence-electron chi connectivity index (χ0n) is 13.6. The number of fused-ring (bicyclic) bond motifs is 1. The molecule has 4 rings (SSSR count). The Kier molecular flexibility index (Phi) is 4.01. The van der Waals surface area contributed by atoms with Crippen molar-refractivity contribution < 1.29 is 19.0 Å². The molecule has 25 heavy (non-hydrogen) atoms. The fourth-order valence-corrected chi connectivity index (χ4v) is 3.42. The normalized spacial score (nSPS) is 17.7. The first-order valence-corrected chi connectivity index (χ1v) is 8.39. The first-order valence-electron chi connectivity index (χ1n) is 8.39. The average Bonchev–Trinajstić information content (AvgIpc) is 3.05. The Labute approximate surface area is 144 Å². The standard InChI is InChI=1S/C20H18FNO3/c21-17-10-18-15(16(11-22-18)20(23)24)9-14(17)12-4-6-13(7-5-12)19-3-1-2-8-25-19/h4-7,9-11,19,22H,1-3,8H2,(H,23,24)/t19-/m1/s1. The van der Waals surface area contributed by atoms with E-state index < -0.39 is 5.97 Å². The Balaban J connectivity index is 1.72. The van der Waals surface area contributed by atoms with Gasteiger partial charge < -0.3 is 14.8 Å². The number of carbonyl (C=O) groups is 1. The van der Waals surface area contributed by atoms with Gasteiger partial charge in [-0.05, 0) is 42.5 Å². The molecule has 0 bridgehead atoms. The van der Waals surface area contributed by atoms with Crippen LogP contribution < -0.4 is 0 Å². The highest BCUT2D eigenvalue weighted by molar-refractivity contribution is 6.04. The zero-order valence-corrected chi connectivity index (χ0v) is 13.6. The summed E-state index contributed by atoms with van der Waals surface area (Å²) < 4.78 is 20.3. The van der Waals surface area contributed by atoms with Crippen LogP contribution in [0.2, 0.25) is 0 Å². The summed E-state index contributed by atoms with van der Waals surface area (Å²) in [4.78, 5) is 14.1. The molecule has 2 aromatic carbocycles. The smallest absolute Gasteiger partial charge is 0.337 e. The Hall–Kier alpha value is -2.66. The Morgan fingerprint density at radius 1 is 1.20 bits per heavy atom. The van der Waals surface area contributed by atoms with Crippen LogP contribution in [0.25, 0.3) is 22.0 Å². The van der Waals surface area contributed by atoms with Crippen LogP contribution in [0.1, 0.15) is 41.3 Å². The van der Waals surface area contributed by atoms with Crippen LogP contribution in [-0.2, 0) is 4.74 Å². The van der Waals surface area contributed by atoms with Gasteiger partial charge in [-0.15, -0.1) is 0 Å². The Bertz CT molecular complexity index is 924. The first kappa shape index (κ1) is 15.8. The number of ether oxygens (including phenoxy) is 1. The van der Waals surface area contributed by atoms with E-state index in [1.807, 2.05) is 24.3 Å². The number of aromatic carboxylic acids is 1. The van der Waals surface area contributed by atoms with Gasteiger partial charge in [0.1, 0.15) is 5.82 Å². The second-order valence-electron chi connectivity index (χ2n) is 6.36. The molecule has 1 aromatic heterocycles. The lowest BCUT2D eigenvalue weighted by Gasteiger charge is -2.23. The largest absolute Gasteiger partial charge is 0.478 e. The SMILES string of the molecule is O=C(O)c1c[nH]c2cc(F)c(-c3ccc([C@H]4CCCCO4)cc3)cc12. The van der Waals surface area contributed by atoms with E-state index >= 15 is 0 Å². The molecule has 1 saturated heterocycles. The molecule has 4 nitrogen and oxygen atoms in total. The highest BCUT2D eigenvalue weighted by Crippen LogP contribution is 2.32. The molecular formula is C20H18FNO3. The summed E-state index contributed by atoms with van der Waals surface area (Å²) in [5.74, 6) is -1.42. The molecule has 0 amide bonds. The van der Waals surface area contributed by atoms with Gasteiger partial charge in [0.25, 0.3) is 0 Å². The van der Waals surface area contributed by atoms with Crippen LogP contribution in [0.4, 0.5) is 4.39 Å². The maximum absolute atomic E-state index is 14.5. The number of aromatic nitrogens is 1. The molecule has 0 spiro atoms. The van der Waals surface area contributed by atoms with Gasteiger partial charge in [-0.3, -0.25) is 0 Å². The number of H-pyrrole nitrogens is 1. The van der Waals surface area contributed by atoms with Gasteiger partial charge in [-0.2, -0.15) is 0 Å². The van der Waals surface area contributed by atoms with E-state index in [4.69, 9.17) is 4.74 Å². The van der Waals surface area contributed by atoms with Crippen molar-refractivity contribution in [3.63, 3.8) is 0 Å². The zero-order chi connectivity index (χ0) is 17.4. The van der Waals surface area contributed by atoms with E-state index in [1.165, 1.54) is 12.3 Å². The minimum Gasteiger partial charge on any atom is -0.478 e. The van der Waals surface area contributed by atoms with Gasteiger partial charge in [0, 0.05) is 29.3 Å². The van der Waals surface area contributed by atoms with Crippen molar-refractivity contribution in [2.24, 2.45) is 0 Å². The van der Waals surface area contributed by atoms with Crippen molar-refractivity contribution in [3.05, 3.63) is 59.5 Å². The lowest BCUT2D eigenvalue weighted by Crippen LogP contribution is -2.11. The predicted octanol–water partition coefficient (Wildman–Crippen LogP) is 4.91. The van der Waals surface area contributed by atoms with Gasteiger partial charge in [-0.25, -0.2) is 9.18 Å². The van der Waals surface area contributed by atoms with Crippen LogP contribution >= 0.6 is 0 Å². The molecule has 2 N–H and O–H groups in total. The number of carboxylic acids is 1. The van der Waals surface area contributed by atoms with E-state index in [0.717, 1.165) is 37.0 Å². The molecule has 3 aromatic rings. The quantitative estimate of drug-likeness (QED) is 0.712. The predicted molar refractivity (Wildman–Crippen MR) is 93.2 cm³/mol. The molecule has 1 atom stereocenters. The van der Waals surface area contributed by atoms with Gasteiger partial charge in [0.15, 0.2) is 0 Å². The van der Waals surface area contributed by atoms with Gasteiger partial charge in [0.05, 0.1) is 11.7 Å². The summed E-state index contributed by atoms with van der Waals surface area (Å²) in [6.07, 6.45) is 4.76. The third kappa shape index (κ3) is 2.91. The van der Waals surface area contributed by atoms with Crippen molar-refractivity contribution in [2.45, 2.75) is 25.4 Å². The topological polar surface area (TPSA) is 62.3 Å². The van der Waals surface area contributed by atoms with Crippen molar-refractivity contribution in [1.82, 2.24) is 4.98 Å². The molecule has 1 aliphatic rings. The third-order valence-electron chi connectivity index (χ3n) is 4.77. The monoisotopic (exact) mass is 339 g/mol. The van der Waals surface area contributed by atoms with E-state index in [1.54, 1.807) is 6.07 Å². The summed E-state index contributed by atoms with van der Waals surface area (Å²) in [6.45, 7) is 0.781. The van der Waals surface area contributed by atoms with Gasteiger partial charge in [-0.1, -0.05) is 24.3 Å². The number of rotatable bonds is 3. The number of carboxylic acid groups (broad SMARTS) is 1. The van der Waals surface area contributed by atoms with Crippen LogP contribution in [0.5, 0.6) is 0 Å². The molecule has 0 unspecified atom stereocenters. The second-order valence-corrected chi connectivity index (χ2v) is 6.36. The van der Waals surface area contributed by atoms with Gasteiger partial charge >= 0.3 is 5.97 Å². The van der Waals surface area contributed by atoms with E-state index in [0.29, 0.717) is 16.5 Å². The van der Waals surface area contributed by atoms with Crippen molar-refractivity contribution in [1.29, 1.82) is 0 Å². The van der Waals surface area contributed by atoms with Crippen molar-refractivity contribution in [2.75, 3.05) is 6.61 Å². The summed E-state index contributed by atoms with van der Waals surface area (Å²) in [6, 6.07) is 10.6. The summed E-state index contributed by atoms with van der Waals surface area (Å²) in [5, 5.41) is 9.76. The number of hydrogen-bond donors (Lipinski definition) is 2. The van der Waals surface area contributed by atoms with Crippen LogP contribution in [0.3, 0.4) is 0 Å². The molecule has 5 heteroatoms. The minimum atomic E-state index is -1.03. The van der Waals surface area contributed by atoms with Crippen molar-refractivity contribution in [3.8, 4) is 11.1 Å². The highest BCUT2D eigenvalue weighted by Gasteiger charge is 2.17. The number of benzene rings is 2. The number of halogens is 1. The number of hydrogen-bond acceptors (Lipinski definition) is 2. The van der Waals surface area contributed by atoms with E-state index in [2.05, 4.69) is 4.98 Å². The summed E-state index contributed by atoms with van der Waals surface area (Å²) in [7, 11) is 0. The summed E-state index contributed by atoms with van der Waals surface area (Å²) in [5.41, 5.74) is 2.83. The fraction of sp³-hybridized carbons (Fsp3) is 0.250. The lowest BCUT2D eigenvalue weighted by molar-refractivity contribution is 0.0149. The Morgan fingerprint density at radius 2 is 2.00 bits per heavy atom. The van der Waals surface area contributed by atoms with Crippen molar-refractivity contribution >= 4 is 16.9 Å². The maximum Gasteiger partial charge on any atom is 0.337 e. The average molecular weight is 339 g/mol. The fourth-order valence-electron chi connectivity index (χ4n) is 3.42. The second kappa shape index (κ2) is 6.33. The molecule has 1 aliphatic heterocycles. The van der Waals surface area contributed by atoms with Crippen LogP contribution in [0, 0.1) is 5.82 Å². The number of nitrogens with one attached hydrogen (secondary N) is 1. The minimum absolute atomic E-state index is 0.110. The molecule has 0 radical (unpaired) electrons. The maximum atomic E-state index is 14.5. The summed E-state index contributed by atoms with van der Waals surface area (Å²) >= 11 is 0. The van der Waals surface area contributed by atoms with E-state index in [-0.39, 0.29) is 17.5 Å². The molecule has 0 saturated carbocycles. The van der Waals surface area contributed by atoms with E-state index in [9.17, 15) is 14.3 Å². The third-order valence-corrected chi connectivity index (χ3v) is 4.77. The van der Waals surface area contributed by atoms with Crippen LogP contribution in [0.15, 0.2) is 42.6 Å². The molecular weight excluding hydrogens is 321 g/mol. The molecule has 0 aliphatic carbocycles. The molecule has 1 fully saturated rings. The highest BCUT2D eigenvalue weighted by atomic mass is 19.1. The molecule has 2 heterocycles. The Morgan fingerprint density at radius 3 is 2.68 bits per heavy atom. The molecule has 128 valence electrons. The van der Waals surface area contributed by atoms with Gasteiger partial charge in [0.2, 0.25) is 0 Å². The first-order chi connectivity index (χ1) is 12.1. The van der Waals surface area contributed by atoms with Crippen LogP contribution in [-0.4, -0.2) is 22.7 Å².